The monoisotopic (exact) mass is 265 g/mol. The molecule has 1 aromatic rings. The van der Waals surface area contributed by atoms with Crippen molar-refractivity contribution in [2.75, 3.05) is 25.2 Å². The third-order valence-corrected chi connectivity index (χ3v) is 3.51. The van der Waals surface area contributed by atoms with Gasteiger partial charge in [-0.3, -0.25) is 0 Å². The molecule has 0 aromatic carbocycles. The van der Waals surface area contributed by atoms with Gasteiger partial charge >= 0.3 is 0 Å². The molecule has 0 saturated carbocycles. The highest BCUT2D eigenvalue weighted by atomic mass is 16.5. The number of aromatic nitrogens is 1. The van der Waals surface area contributed by atoms with Gasteiger partial charge in [-0.25, -0.2) is 4.98 Å². The standard InChI is InChI=1S/C15H27N3O/c1-5-14(6-2)18(9-10-19-4)15-11-13(12(3)16)7-8-17-15/h7-8,11-12,14H,5-6,9-10,16H2,1-4H3. The molecule has 1 heterocycles. The second kappa shape index (κ2) is 8.12. The molecule has 4 heteroatoms. The quantitative estimate of drug-likeness (QED) is 0.785. The van der Waals surface area contributed by atoms with Crippen LogP contribution in [-0.2, 0) is 4.74 Å². The number of anilines is 1. The molecule has 1 aromatic heterocycles. The molecule has 0 aliphatic carbocycles. The van der Waals surface area contributed by atoms with E-state index in [0.717, 1.165) is 30.8 Å². The zero-order chi connectivity index (χ0) is 14.3. The highest BCUT2D eigenvalue weighted by Gasteiger charge is 2.17. The van der Waals surface area contributed by atoms with Crippen LogP contribution in [0.5, 0.6) is 0 Å². The molecule has 0 spiro atoms. The molecule has 0 fully saturated rings. The van der Waals surface area contributed by atoms with E-state index in [2.05, 4.69) is 29.8 Å². The fourth-order valence-electron chi connectivity index (χ4n) is 2.28. The Kier molecular flexibility index (Phi) is 6.81. The van der Waals surface area contributed by atoms with Crippen LogP contribution in [0.1, 0.15) is 45.2 Å². The summed E-state index contributed by atoms with van der Waals surface area (Å²) in [5.41, 5.74) is 7.08. The third kappa shape index (κ3) is 4.48. The molecule has 4 nitrogen and oxygen atoms in total. The molecular formula is C15H27N3O. The predicted octanol–water partition coefficient (Wildman–Crippen LogP) is 2.74. The Hall–Kier alpha value is -1.13. The molecule has 0 amide bonds. The molecule has 0 saturated heterocycles. The summed E-state index contributed by atoms with van der Waals surface area (Å²) in [7, 11) is 1.73. The molecule has 0 aliphatic heterocycles. The number of methoxy groups -OCH3 is 1. The molecule has 1 rings (SSSR count). The summed E-state index contributed by atoms with van der Waals surface area (Å²) in [4.78, 5) is 6.84. The second-order valence-electron chi connectivity index (χ2n) is 4.89. The minimum absolute atomic E-state index is 0.0349. The number of ether oxygens (including phenoxy) is 1. The maximum atomic E-state index is 5.95. The van der Waals surface area contributed by atoms with E-state index in [4.69, 9.17) is 10.5 Å². The van der Waals surface area contributed by atoms with Gasteiger partial charge in [-0.1, -0.05) is 13.8 Å². The molecule has 0 radical (unpaired) electrons. The maximum absolute atomic E-state index is 5.95. The normalized spacial score (nSPS) is 12.7. The van der Waals surface area contributed by atoms with Gasteiger partial charge in [-0.2, -0.15) is 0 Å². The van der Waals surface area contributed by atoms with E-state index in [1.54, 1.807) is 7.11 Å². The predicted molar refractivity (Wildman–Crippen MR) is 80.4 cm³/mol. The molecular weight excluding hydrogens is 238 g/mol. The Balaban J connectivity index is 2.98. The number of hydrogen-bond acceptors (Lipinski definition) is 4. The van der Waals surface area contributed by atoms with Gasteiger partial charge in [0, 0.05) is 31.9 Å². The van der Waals surface area contributed by atoms with Crippen molar-refractivity contribution in [1.82, 2.24) is 4.98 Å². The lowest BCUT2D eigenvalue weighted by Gasteiger charge is -2.31. The van der Waals surface area contributed by atoms with Crippen molar-refractivity contribution in [3.63, 3.8) is 0 Å². The molecule has 0 aliphatic rings. The van der Waals surface area contributed by atoms with Crippen molar-refractivity contribution < 1.29 is 4.74 Å². The van der Waals surface area contributed by atoms with Crippen molar-refractivity contribution in [3.8, 4) is 0 Å². The first-order valence-corrected chi connectivity index (χ1v) is 7.11. The average Bonchev–Trinajstić information content (AvgIpc) is 2.43. The van der Waals surface area contributed by atoms with Gasteiger partial charge in [0.15, 0.2) is 0 Å². The SMILES string of the molecule is CCC(CC)N(CCOC)c1cc(C(C)N)ccn1. The van der Waals surface area contributed by atoms with Gasteiger partial charge in [0.2, 0.25) is 0 Å². The van der Waals surface area contributed by atoms with Gasteiger partial charge in [0.1, 0.15) is 5.82 Å². The van der Waals surface area contributed by atoms with E-state index in [1.807, 2.05) is 19.2 Å². The Labute approximate surface area is 117 Å². The van der Waals surface area contributed by atoms with Crippen LogP contribution in [0.25, 0.3) is 0 Å². The smallest absolute Gasteiger partial charge is 0.129 e. The molecule has 108 valence electrons. The zero-order valence-corrected chi connectivity index (χ0v) is 12.6. The van der Waals surface area contributed by atoms with Crippen molar-refractivity contribution in [3.05, 3.63) is 23.9 Å². The van der Waals surface area contributed by atoms with E-state index in [0.29, 0.717) is 12.6 Å². The van der Waals surface area contributed by atoms with E-state index >= 15 is 0 Å². The van der Waals surface area contributed by atoms with Crippen LogP contribution in [0.4, 0.5) is 5.82 Å². The van der Waals surface area contributed by atoms with E-state index in [-0.39, 0.29) is 6.04 Å². The first kappa shape index (κ1) is 15.9. The highest BCUT2D eigenvalue weighted by molar-refractivity contribution is 5.43. The number of nitrogens with two attached hydrogens (primary N) is 1. The maximum Gasteiger partial charge on any atom is 0.129 e. The van der Waals surface area contributed by atoms with Gasteiger partial charge in [-0.05, 0) is 37.5 Å². The first-order valence-electron chi connectivity index (χ1n) is 7.11. The van der Waals surface area contributed by atoms with E-state index in [1.165, 1.54) is 0 Å². The molecule has 2 N–H and O–H groups in total. The number of hydrogen-bond donors (Lipinski definition) is 1. The summed E-state index contributed by atoms with van der Waals surface area (Å²) in [6.45, 7) is 7.99. The Morgan fingerprint density at radius 2 is 2.05 bits per heavy atom. The van der Waals surface area contributed by atoms with Gasteiger partial charge in [0.05, 0.1) is 6.61 Å². The summed E-state index contributed by atoms with van der Waals surface area (Å²) >= 11 is 0. The largest absolute Gasteiger partial charge is 0.383 e. The molecule has 0 bridgehead atoms. The van der Waals surface area contributed by atoms with Crippen molar-refractivity contribution in [1.29, 1.82) is 0 Å². The second-order valence-corrected chi connectivity index (χ2v) is 4.89. The van der Waals surface area contributed by atoms with Crippen molar-refractivity contribution in [2.45, 2.75) is 45.7 Å². The van der Waals surface area contributed by atoms with Crippen molar-refractivity contribution in [2.24, 2.45) is 5.73 Å². The lowest BCUT2D eigenvalue weighted by Crippen LogP contribution is -2.37. The number of pyridine rings is 1. The van der Waals surface area contributed by atoms with Crippen LogP contribution in [0.3, 0.4) is 0 Å². The average molecular weight is 265 g/mol. The topological polar surface area (TPSA) is 51.4 Å². The minimum Gasteiger partial charge on any atom is -0.383 e. The number of nitrogens with zero attached hydrogens (tertiary/aromatic N) is 2. The molecule has 19 heavy (non-hydrogen) atoms. The molecule has 1 atom stereocenters. The van der Waals surface area contributed by atoms with Crippen LogP contribution in [0, 0.1) is 0 Å². The minimum atomic E-state index is 0.0349. The van der Waals surface area contributed by atoms with Crippen molar-refractivity contribution >= 4 is 5.82 Å². The van der Waals surface area contributed by atoms with Crippen LogP contribution in [0.2, 0.25) is 0 Å². The molecule has 1 unspecified atom stereocenters. The summed E-state index contributed by atoms with van der Waals surface area (Å²) in [6, 6.07) is 4.60. The van der Waals surface area contributed by atoms with Gasteiger partial charge in [0.25, 0.3) is 0 Å². The highest BCUT2D eigenvalue weighted by Crippen LogP contribution is 2.21. The summed E-state index contributed by atoms with van der Waals surface area (Å²) < 4.78 is 5.22. The van der Waals surface area contributed by atoms with Crippen LogP contribution in [0.15, 0.2) is 18.3 Å². The summed E-state index contributed by atoms with van der Waals surface area (Å²) in [6.07, 6.45) is 4.05. The summed E-state index contributed by atoms with van der Waals surface area (Å²) in [5.74, 6) is 1.00. The lowest BCUT2D eigenvalue weighted by molar-refractivity contribution is 0.202. The van der Waals surface area contributed by atoms with E-state index in [9.17, 15) is 0 Å². The zero-order valence-electron chi connectivity index (χ0n) is 12.6. The Morgan fingerprint density at radius 3 is 2.58 bits per heavy atom. The lowest BCUT2D eigenvalue weighted by atomic mass is 10.1. The van der Waals surface area contributed by atoms with Gasteiger partial charge < -0.3 is 15.4 Å². The fourth-order valence-corrected chi connectivity index (χ4v) is 2.28. The Bertz CT molecular complexity index is 364. The first-order chi connectivity index (χ1) is 9.13. The Morgan fingerprint density at radius 1 is 1.37 bits per heavy atom. The third-order valence-electron chi connectivity index (χ3n) is 3.51. The van der Waals surface area contributed by atoms with Crippen LogP contribution >= 0.6 is 0 Å². The van der Waals surface area contributed by atoms with E-state index < -0.39 is 0 Å². The number of rotatable bonds is 8. The fraction of sp³-hybridized carbons (Fsp3) is 0.667. The summed E-state index contributed by atoms with van der Waals surface area (Å²) in [5, 5.41) is 0. The van der Waals surface area contributed by atoms with Crippen LogP contribution < -0.4 is 10.6 Å². The van der Waals surface area contributed by atoms with Crippen LogP contribution in [-0.4, -0.2) is 31.3 Å². The van der Waals surface area contributed by atoms with Gasteiger partial charge in [-0.15, -0.1) is 0 Å².